The number of nitrogens with zero attached hydrogens (tertiary/aromatic N) is 1. The van der Waals surface area contributed by atoms with Crippen LogP contribution >= 0.6 is 15.9 Å². The van der Waals surface area contributed by atoms with Gasteiger partial charge >= 0.3 is 0 Å². The zero-order valence-corrected chi connectivity index (χ0v) is 13.8. The molecule has 1 heterocycles. The van der Waals surface area contributed by atoms with E-state index in [1.54, 1.807) is 18.2 Å². The number of carbonyl (C=O) groups is 1. The zero-order chi connectivity index (χ0) is 16.1. The van der Waals surface area contributed by atoms with Gasteiger partial charge in [0.05, 0.1) is 0 Å². The van der Waals surface area contributed by atoms with Crippen molar-refractivity contribution in [3.05, 3.63) is 44.7 Å². The second-order valence-corrected chi connectivity index (χ2v) is 7.71. The van der Waals surface area contributed by atoms with Crippen molar-refractivity contribution in [1.82, 2.24) is 5.32 Å². The van der Waals surface area contributed by atoms with Gasteiger partial charge in [0.2, 0.25) is 0 Å². The van der Waals surface area contributed by atoms with Crippen LogP contribution in [0.2, 0.25) is 0 Å². The van der Waals surface area contributed by atoms with Crippen molar-refractivity contribution in [2.45, 2.75) is 12.2 Å². The van der Waals surface area contributed by atoms with E-state index in [-0.39, 0.29) is 0 Å². The Morgan fingerprint density at radius 1 is 1.23 bits per heavy atom. The maximum absolute atomic E-state index is 11.5. The van der Waals surface area contributed by atoms with E-state index in [2.05, 4.69) is 21.2 Å². The number of benzene rings is 2. The number of hydrogen-bond donors (Lipinski definition) is 1. The SMILES string of the molecule is CC(c1cc2c(c3cc(Br)ccc13)=C[N]C(=O)C=2)S(=O)(=O)O. The predicted octanol–water partition coefficient (Wildman–Crippen LogP) is 1.21. The number of hydrogen-bond acceptors (Lipinski definition) is 3. The van der Waals surface area contributed by atoms with Gasteiger partial charge in [-0.05, 0) is 46.7 Å². The topological polar surface area (TPSA) is 85.5 Å². The fraction of sp³-hybridized carbons (Fsp3) is 0.133. The summed E-state index contributed by atoms with van der Waals surface area (Å²) >= 11 is 3.38. The van der Waals surface area contributed by atoms with E-state index in [4.69, 9.17) is 0 Å². The molecule has 1 radical (unpaired) electrons. The van der Waals surface area contributed by atoms with Crippen LogP contribution in [-0.4, -0.2) is 18.9 Å². The molecule has 1 amide bonds. The third-order valence-electron chi connectivity index (χ3n) is 3.69. The van der Waals surface area contributed by atoms with Crippen molar-refractivity contribution in [2.24, 2.45) is 0 Å². The average Bonchev–Trinajstić information content (AvgIpc) is 2.44. The fourth-order valence-electron chi connectivity index (χ4n) is 2.53. The minimum atomic E-state index is -4.24. The summed E-state index contributed by atoms with van der Waals surface area (Å²) in [7, 11) is -4.24. The first-order chi connectivity index (χ1) is 10.3. The van der Waals surface area contributed by atoms with Crippen LogP contribution in [0.1, 0.15) is 17.7 Å². The minimum Gasteiger partial charge on any atom is -0.285 e. The molecule has 3 rings (SSSR count). The lowest BCUT2D eigenvalue weighted by molar-refractivity contribution is -0.114. The molecule has 22 heavy (non-hydrogen) atoms. The van der Waals surface area contributed by atoms with E-state index in [1.165, 1.54) is 19.2 Å². The van der Waals surface area contributed by atoms with Gasteiger partial charge in [-0.1, -0.05) is 22.0 Å². The van der Waals surface area contributed by atoms with Crippen molar-refractivity contribution >= 4 is 55.0 Å². The van der Waals surface area contributed by atoms with Crippen molar-refractivity contribution in [1.29, 1.82) is 0 Å². The van der Waals surface area contributed by atoms with E-state index >= 15 is 0 Å². The highest BCUT2D eigenvalue weighted by Gasteiger charge is 2.23. The Hall–Kier alpha value is -1.70. The highest BCUT2D eigenvalue weighted by atomic mass is 79.9. The van der Waals surface area contributed by atoms with E-state index in [9.17, 15) is 17.8 Å². The molecule has 113 valence electrons. The lowest BCUT2D eigenvalue weighted by atomic mass is 9.98. The molecule has 0 aromatic heterocycles. The largest absolute Gasteiger partial charge is 0.285 e. The van der Waals surface area contributed by atoms with Crippen LogP contribution in [0, 0.1) is 0 Å². The number of rotatable bonds is 2. The van der Waals surface area contributed by atoms with Gasteiger partial charge in [0.1, 0.15) is 5.25 Å². The molecular weight excluding hydrogens is 370 g/mol. The lowest BCUT2D eigenvalue weighted by Gasteiger charge is -2.14. The zero-order valence-electron chi connectivity index (χ0n) is 11.4. The van der Waals surface area contributed by atoms with Crippen molar-refractivity contribution < 1.29 is 17.8 Å². The molecule has 1 aliphatic heterocycles. The minimum absolute atomic E-state index is 0.396. The maximum Gasteiger partial charge on any atom is 0.271 e. The van der Waals surface area contributed by atoms with Gasteiger partial charge < -0.3 is 0 Å². The summed E-state index contributed by atoms with van der Waals surface area (Å²) in [5.74, 6) is -0.396. The molecule has 1 aliphatic rings. The summed E-state index contributed by atoms with van der Waals surface area (Å²) in [5.41, 5.74) is 0.447. The summed E-state index contributed by atoms with van der Waals surface area (Å²) in [5, 5.41) is 5.49. The summed E-state index contributed by atoms with van der Waals surface area (Å²) < 4.78 is 33.2. The Bertz CT molecular complexity index is 1030. The number of carbonyl (C=O) groups excluding carboxylic acids is 1. The average molecular weight is 381 g/mol. The normalized spacial score (nSPS) is 15.5. The van der Waals surface area contributed by atoms with Crippen molar-refractivity contribution in [2.75, 3.05) is 0 Å². The summed E-state index contributed by atoms with van der Waals surface area (Å²) in [6.07, 6.45) is 2.84. The molecule has 1 unspecified atom stereocenters. The standard InChI is InChI=1S/C15H11BrNO4S/c1-8(22(19,20)21)12-4-9-5-15(18)17-7-14(9)13-6-10(16)2-3-11(12)13/h2-8H,1H3,(H,19,20,21). The number of halogens is 1. The molecule has 0 fully saturated rings. The first-order valence-electron chi connectivity index (χ1n) is 6.42. The third kappa shape index (κ3) is 2.55. The van der Waals surface area contributed by atoms with Gasteiger partial charge in [0, 0.05) is 22.0 Å². The van der Waals surface area contributed by atoms with Crippen molar-refractivity contribution in [3.8, 4) is 0 Å². The van der Waals surface area contributed by atoms with Gasteiger partial charge in [-0.2, -0.15) is 8.42 Å². The molecule has 5 nitrogen and oxygen atoms in total. The summed E-state index contributed by atoms with van der Waals surface area (Å²) in [4.78, 5) is 11.5. The van der Waals surface area contributed by atoms with Gasteiger partial charge in [-0.25, -0.2) is 5.32 Å². The Kier molecular flexibility index (Phi) is 3.58. The Balaban J connectivity index is 2.50. The molecule has 7 heteroatoms. The molecule has 0 spiro atoms. The van der Waals surface area contributed by atoms with Crippen LogP contribution < -0.4 is 15.8 Å². The van der Waals surface area contributed by atoms with Crippen molar-refractivity contribution in [3.63, 3.8) is 0 Å². The Morgan fingerprint density at radius 3 is 2.64 bits per heavy atom. The van der Waals surface area contributed by atoms with Crippen LogP contribution in [0.3, 0.4) is 0 Å². The number of amides is 1. The van der Waals surface area contributed by atoms with Gasteiger partial charge in [0.25, 0.3) is 16.0 Å². The molecule has 1 atom stereocenters. The van der Waals surface area contributed by atoms with E-state index in [1.807, 2.05) is 6.07 Å². The second-order valence-electron chi connectivity index (χ2n) is 5.06. The smallest absolute Gasteiger partial charge is 0.271 e. The van der Waals surface area contributed by atoms with Gasteiger partial charge in [0.15, 0.2) is 0 Å². The Labute approximate surface area is 135 Å². The fourth-order valence-corrected chi connectivity index (χ4v) is 3.41. The van der Waals surface area contributed by atoms with Crippen LogP contribution in [0.15, 0.2) is 28.7 Å². The third-order valence-corrected chi connectivity index (χ3v) is 5.33. The molecule has 0 bridgehead atoms. The quantitative estimate of drug-likeness (QED) is 0.793. The molecule has 2 aromatic carbocycles. The van der Waals surface area contributed by atoms with Gasteiger partial charge in [-0.15, -0.1) is 0 Å². The molecule has 1 N–H and O–H groups in total. The van der Waals surface area contributed by atoms with Crippen LogP contribution in [-0.2, 0) is 14.9 Å². The molecule has 2 aromatic rings. The second kappa shape index (κ2) is 5.19. The monoisotopic (exact) mass is 380 g/mol. The summed E-state index contributed by atoms with van der Waals surface area (Å²) in [6.45, 7) is 1.41. The highest BCUT2D eigenvalue weighted by Crippen LogP contribution is 2.28. The first-order valence-corrected chi connectivity index (χ1v) is 8.72. The van der Waals surface area contributed by atoms with E-state index in [0.29, 0.717) is 16.2 Å². The predicted molar refractivity (Wildman–Crippen MR) is 86.9 cm³/mol. The number of fused-ring (bicyclic) bond motifs is 3. The summed E-state index contributed by atoms with van der Waals surface area (Å²) in [6, 6.07) is 7.03. The first kappa shape index (κ1) is 15.2. The molecule has 0 saturated carbocycles. The van der Waals surface area contributed by atoms with Crippen LogP contribution in [0.4, 0.5) is 0 Å². The molecule has 0 saturated heterocycles. The Morgan fingerprint density at radius 2 is 1.95 bits per heavy atom. The molecule has 0 aliphatic carbocycles. The van der Waals surface area contributed by atoms with Gasteiger partial charge in [-0.3, -0.25) is 9.35 Å². The molecular formula is C15H11BrNO4S. The highest BCUT2D eigenvalue weighted by molar-refractivity contribution is 9.10. The van der Waals surface area contributed by atoms with E-state index < -0.39 is 21.3 Å². The van der Waals surface area contributed by atoms with Crippen LogP contribution in [0.5, 0.6) is 0 Å². The van der Waals surface area contributed by atoms with Crippen LogP contribution in [0.25, 0.3) is 23.0 Å². The lowest BCUT2D eigenvalue weighted by Crippen LogP contribution is -2.34. The van der Waals surface area contributed by atoms with E-state index in [0.717, 1.165) is 15.1 Å². The maximum atomic E-state index is 11.5.